The Balaban J connectivity index is 1.63. The van der Waals surface area contributed by atoms with Gasteiger partial charge >= 0.3 is 0 Å². The summed E-state index contributed by atoms with van der Waals surface area (Å²) in [5, 5.41) is 0.629. The summed E-state index contributed by atoms with van der Waals surface area (Å²) in [6, 6.07) is 10.8. The van der Waals surface area contributed by atoms with Crippen LogP contribution in [0.5, 0.6) is 0 Å². The van der Waals surface area contributed by atoms with Gasteiger partial charge in [0.25, 0.3) is 5.91 Å². The summed E-state index contributed by atoms with van der Waals surface area (Å²) in [7, 11) is 0. The Labute approximate surface area is 180 Å². The summed E-state index contributed by atoms with van der Waals surface area (Å²) in [5.74, 6) is 0.607. The quantitative estimate of drug-likeness (QED) is 0.709. The van der Waals surface area contributed by atoms with E-state index >= 15 is 0 Å². The lowest BCUT2D eigenvalue weighted by molar-refractivity contribution is -0.170. The Morgan fingerprint density at radius 2 is 1.87 bits per heavy atom. The third-order valence-electron chi connectivity index (χ3n) is 5.75. The normalized spacial score (nSPS) is 18.0. The van der Waals surface area contributed by atoms with Crippen LogP contribution in [0.1, 0.15) is 19.4 Å². The zero-order valence-corrected chi connectivity index (χ0v) is 17.6. The van der Waals surface area contributed by atoms with Gasteiger partial charge in [0.1, 0.15) is 12.4 Å². The minimum Gasteiger partial charge on any atom is -0.351 e. The molecular formula is C22H22ClN5O2. The Hall–Kier alpha value is -3.11. The van der Waals surface area contributed by atoms with Gasteiger partial charge in [0.05, 0.1) is 19.7 Å². The molecule has 1 aromatic heterocycles. The number of carbonyl (C=O) groups excluding carboxylic acids is 2. The zero-order valence-electron chi connectivity index (χ0n) is 16.9. The molecule has 2 amide bonds. The van der Waals surface area contributed by atoms with Crippen LogP contribution in [-0.4, -0.2) is 57.8 Å². The largest absolute Gasteiger partial charge is 0.351 e. The molecule has 2 aliphatic heterocycles. The number of nitrogens with zero attached hydrogens (tertiary/aromatic N) is 5. The fourth-order valence-corrected chi connectivity index (χ4v) is 4.16. The SMILES string of the molecule is [C-]#[N+]c1ccc(N2CC3(C2)C(=O)N(C(C)C)CC(=O)N3Cc2ccc(Cl)cc2)nc1. The van der Waals surface area contributed by atoms with Gasteiger partial charge in [-0.2, -0.15) is 0 Å². The van der Waals surface area contributed by atoms with E-state index in [1.54, 1.807) is 34.1 Å². The summed E-state index contributed by atoms with van der Waals surface area (Å²) in [6.07, 6.45) is 1.52. The predicted molar refractivity (Wildman–Crippen MR) is 114 cm³/mol. The highest BCUT2D eigenvalue weighted by Gasteiger charge is 2.60. The van der Waals surface area contributed by atoms with Crippen LogP contribution in [0.3, 0.4) is 0 Å². The fourth-order valence-electron chi connectivity index (χ4n) is 4.04. The second-order valence-corrected chi connectivity index (χ2v) is 8.44. The number of amides is 2. The average molecular weight is 424 g/mol. The van der Waals surface area contributed by atoms with Gasteiger partial charge in [-0.1, -0.05) is 29.8 Å². The minimum atomic E-state index is -0.917. The molecule has 4 rings (SSSR count). The molecule has 2 aliphatic rings. The maximum absolute atomic E-state index is 13.5. The number of benzene rings is 1. The van der Waals surface area contributed by atoms with Crippen molar-refractivity contribution in [3.8, 4) is 0 Å². The van der Waals surface area contributed by atoms with Crippen LogP contribution in [0.15, 0.2) is 42.6 Å². The van der Waals surface area contributed by atoms with E-state index < -0.39 is 5.54 Å². The van der Waals surface area contributed by atoms with Gasteiger partial charge in [-0.15, -0.1) is 0 Å². The second kappa shape index (κ2) is 7.62. The average Bonchev–Trinajstić information content (AvgIpc) is 2.71. The number of hydrogen-bond donors (Lipinski definition) is 0. The number of halogens is 1. The Morgan fingerprint density at radius 3 is 2.43 bits per heavy atom. The number of piperazine rings is 1. The van der Waals surface area contributed by atoms with E-state index in [-0.39, 0.29) is 24.4 Å². The molecule has 1 spiro atoms. The minimum absolute atomic E-state index is 0.0277. The van der Waals surface area contributed by atoms with Gasteiger partial charge in [0.2, 0.25) is 11.6 Å². The van der Waals surface area contributed by atoms with E-state index in [4.69, 9.17) is 18.2 Å². The molecule has 8 heteroatoms. The molecule has 0 saturated carbocycles. The van der Waals surface area contributed by atoms with Gasteiger partial charge in [0.15, 0.2) is 5.54 Å². The number of hydrogen-bond acceptors (Lipinski definition) is 4. The van der Waals surface area contributed by atoms with Crippen molar-refractivity contribution in [2.75, 3.05) is 24.5 Å². The molecule has 2 saturated heterocycles. The molecule has 154 valence electrons. The van der Waals surface area contributed by atoms with Crippen LogP contribution in [0.25, 0.3) is 4.85 Å². The summed E-state index contributed by atoms with van der Waals surface area (Å²) in [5.41, 5.74) is 0.475. The van der Waals surface area contributed by atoms with Crippen LogP contribution in [0.4, 0.5) is 11.5 Å². The first-order valence-electron chi connectivity index (χ1n) is 9.78. The van der Waals surface area contributed by atoms with Crippen LogP contribution < -0.4 is 4.90 Å². The molecule has 0 unspecified atom stereocenters. The molecule has 2 fully saturated rings. The van der Waals surface area contributed by atoms with Crippen molar-refractivity contribution < 1.29 is 9.59 Å². The van der Waals surface area contributed by atoms with Gasteiger partial charge in [-0.3, -0.25) is 14.6 Å². The predicted octanol–water partition coefficient (Wildman–Crippen LogP) is 3.12. The maximum Gasteiger partial charge on any atom is 0.252 e. The van der Waals surface area contributed by atoms with Gasteiger partial charge in [-0.05, 0) is 37.6 Å². The second-order valence-electron chi connectivity index (χ2n) is 8.01. The molecule has 0 N–H and O–H groups in total. The number of carbonyl (C=O) groups is 2. The monoisotopic (exact) mass is 423 g/mol. The van der Waals surface area contributed by atoms with E-state index in [0.717, 1.165) is 5.56 Å². The Morgan fingerprint density at radius 1 is 1.17 bits per heavy atom. The van der Waals surface area contributed by atoms with Crippen molar-refractivity contribution >= 4 is 34.9 Å². The summed E-state index contributed by atoms with van der Waals surface area (Å²) >= 11 is 5.99. The maximum atomic E-state index is 13.5. The Bertz CT molecular complexity index is 1010. The van der Waals surface area contributed by atoms with E-state index in [2.05, 4.69) is 9.83 Å². The lowest BCUT2D eigenvalue weighted by Gasteiger charge is -2.59. The van der Waals surface area contributed by atoms with Gasteiger partial charge in [0, 0.05) is 23.8 Å². The standard InChI is InChI=1S/C22H22ClN5O2/c1-15(2)27-12-20(29)28(11-16-4-6-17(23)7-5-16)22(21(27)30)13-26(14-22)19-9-8-18(24-3)10-25-19/h4-10,15H,11-14H2,1-2H3. The molecule has 7 nitrogen and oxygen atoms in total. The fraction of sp³-hybridized carbons (Fsp3) is 0.364. The lowest BCUT2D eigenvalue weighted by atomic mass is 9.82. The van der Waals surface area contributed by atoms with Crippen LogP contribution in [-0.2, 0) is 16.1 Å². The molecule has 1 aromatic carbocycles. The first-order valence-corrected chi connectivity index (χ1v) is 10.2. The highest BCUT2D eigenvalue weighted by Crippen LogP contribution is 2.37. The number of pyridine rings is 1. The van der Waals surface area contributed by atoms with Crippen molar-refractivity contribution in [1.82, 2.24) is 14.8 Å². The highest BCUT2D eigenvalue weighted by molar-refractivity contribution is 6.30. The molecule has 0 radical (unpaired) electrons. The first kappa shape index (κ1) is 20.2. The molecule has 2 aromatic rings. The van der Waals surface area contributed by atoms with Crippen molar-refractivity contribution in [2.45, 2.75) is 32.0 Å². The van der Waals surface area contributed by atoms with Crippen molar-refractivity contribution in [2.24, 2.45) is 0 Å². The molecule has 30 heavy (non-hydrogen) atoms. The first-order chi connectivity index (χ1) is 14.3. The van der Waals surface area contributed by atoms with Crippen LogP contribution in [0, 0.1) is 6.57 Å². The summed E-state index contributed by atoms with van der Waals surface area (Å²) < 4.78 is 0. The van der Waals surface area contributed by atoms with E-state index in [0.29, 0.717) is 36.2 Å². The molecule has 0 aliphatic carbocycles. The topological polar surface area (TPSA) is 61.1 Å². The van der Waals surface area contributed by atoms with Crippen LogP contribution in [0.2, 0.25) is 5.02 Å². The number of rotatable bonds is 4. The van der Waals surface area contributed by atoms with E-state index in [1.807, 2.05) is 30.9 Å². The Kier molecular flexibility index (Phi) is 5.12. The lowest BCUT2D eigenvalue weighted by Crippen LogP contribution is -2.81. The number of aromatic nitrogens is 1. The van der Waals surface area contributed by atoms with Crippen molar-refractivity contribution in [1.29, 1.82) is 0 Å². The zero-order chi connectivity index (χ0) is 21.5. The van der Waals surface area contributed by atoms with Crippen LogP contribution >= 0.6 is 11.6 Å². The molecule has 3 heterocycles. The number of anilines is 1. The molecular weight excluding hydrogens is 402 g/mol. The van der Waals surface area contributed by atoms with Gasteiger partial charge < -0.3 is 14.7 Å². The van der Waals surface area contributed by atoms with Crippen molar-refractivity contribution in [3.63, 3.8) is 0 Å². The third kappa shape index (κ3) is 3.37. The summed E-state index contributed by atoms with van der Waals surface area (Å²) in [4.78, 5) is 39.6. The summed E-state index contributed by atoms with van der Waals surface area (Å²) in [6.45, 7) is 12.1. The van der Waals surface area contributed by atoms with E-state index in [1.165, 1.54) is 6.20 Å². The van der Waals surface area contributed by atoms with Crippen molar-refractivity contribution in [3.05, 3.63) is 64.6 Å². The third-order valence-corrected chi connectivity index (χ3v) is 6.00. The molecule has 0 bridgehead atoms. The highest BCUT2D eigenvalue weighted by atomic mass is 35.5. The smallest absolute Gasteiger partial charge is 0.252 e. The van der Waals surface area contributed by atoms with Gasteiger partial charge in [-0.25, -0.2) is 4.85 Å². The van der Waals surface area contributed by atoms with E-state index in [9.17, 15) is 9.59 Å². The molecule has 0 atom stereocenters.